The summed E-state index contributed by atoms with van der Waals surface area (Å²) in [7, 11) is 0. The summed E-state index contributed by atoms with van der Waals surface area (Å²) in [5.74, 6) is -2.28. The van der Waals surface area contributed by atoms with Crippen LogP contribution in [0.1, 0.15) is 27.2 Å². The van der Waals surface area contributed by atoms with E-state index in [0.29, 0.717) is 6.54 Å². The lowest BCUT2D eigenvalue weighted by atomic mass is 10.2. The van der Waals surface area contributed by atoms with Crippen LogP contribution < -0.4 is 10.6 Å². The van der Waals surface area contributed by atoms with Gasteiger partial charge in [0, 0.05) is 23.5 Å². The lowest BCUT2D eigenvalue weighted by Crippen LogP contribution is -2.41. The van der Waals surface area contributed by atoms with Crippen molar-refractivity contribution in [3.63, 3.8) is 0 Å². The topological polar surface area (TPSA) is 41.1 Å². The van der Waals surface area contributed by atoms with Crippen molar-refractivity contribution in [3.05, 3.63) is 0 Å². The minimum absolute atomic E-state index is 0. The van der Waals surface area contributed by atoms with E-state index in [1.165, 1.54) is 0 Å². The molecule has 0 spiro atoms. The maximum Gasteiger partial charge on any atom is 0.262 e. The van der Waals surface area contributed by atoms with E-state index < -0.39 is 24.9 Å². The molecule has 108 valence electrons. The van der Waals surface area contributed by atoms with E-state index in [4.69, 9.17) is 0 Å². The Balaban J connectivity index is 0.00000289. The largest absolute Gasteiger partial charge is 0.354 e. The fourth-order valence-corrected chi connectivity index (χ4v) is 2.37. The summed E-state index contributed by atoms with van der Waals surface area (Å²) in [5.41, 5.74) is 0. The minimum atomic E-state index is -2.75. The first-order chi connectivity index (χ1) is 7.70. The molecule has 3 nitrogen and oxygen atoms in total. The summed E-state index contributed by atoms with van der Waals surface area (Å²) in [6.45, 7) is 6.40. The monoisotopic (exact) mass is 302 g/mol. The van der Waals surface area contributed by atoms with Gasteiger partial charge in [-0.2, -0.15) is 11.8 Å². The predicted octanol–water partition coefficient (Wildman–Crippen LogP) is 2.05. The number of carbonyl (C=O) groups excluding carboxylic acids is 1. The van der Waals surface area contributed by atoms with Gasteiger partial charge in [-0.1, -0.05) is 20.8 Å². The number of hydrogen-bond acceptors (Lipinski definition) is 3. The predicted molar refractivity (Wildman–Crippen MR) is 73.8 cm³/mol. The third-order valence-electron chi connectivity index (χ3n) is 2.36. The molecule has 1 atom stereocenters. The third-order valence-corrected chi connectivity index (χ3v) is 3.64. The highest BCUT2D eigenvalue weighted by Gasteiger charge is 2.42. The van der Waals surface area contributed by atoms with E-state index in [2.05, 4.69) is 31.4 Å². The second kappa shape index (κ2) is 6.91. The van der Waals surface area contributed by atoms with Crippen molar-refractivity contribution in [2.75, 3.05) is 18.8 Å². The van der Waals surface area contributed by atoms with E-state index >= 15 is 0 Å². The van der Waals surface area contributed by atoms with Crippen LogP contribution in [0.4, 0.5) is 8.78 Å². The molecule has 1 rings (SSSR count). The first-order valence-corrected chi connectivity index (χ1v) is 6.71. The Hall–Kier alpha value is -0.0700. The van der Waals surface area contributed by atoms with Crippen molar-refractivity contribution in [1.29, 1.82) is 0 Å². The van der Waals surface area contributed by atoms with E-state index in [9.17, 15) is 13.6 Å². The molecule has 1 saturated heterocycles. The molecule has 0 aromatic rings. The highest BCUT2D eigenvalue weighted by molar-refractivity contribution is 8.00. The molecule has 1 aliphatic rings. The van der Waals surface area contributed by atoms with Gasteiger partial charge < -0.3 is 5.32 Å². The highest BCUT2D eigenvalue weighted by Crippen LogP contribution is 2.25. The van der Waals surface area contributed by atoms with Gasteiger partial charge >= 0.3 is 0 Å². The number of hydrogen-bond donors (Lipinski definition) is 2. The average Bonchev–Trinajstić information content (AvgIpc) is 2.52. The number of thioether (sulfide) groups is 1. The number of rotatable bonds is 4. The molecule has 0 radical (unpaired) electrons. The molecule has 0 aliphatic carbocycles. The van der Waals surface area contributed by atoms with E-state index in [1.807, 2.05) is 0 Å². The Labute approximate surface area is 117 Å². The molecular formula is C11H21ClF2N2OS. The molecule has 7 heteroatoms. The molecule has 0 saturated carbocycles. The normalized spacial score (nSPS) is 22.4. The van der Waals surface area contributed by atoms with Crippen molar-refractivity contribution in [2.24, 2.45) is 0 Å². The van der Waals surface area contributed by atoms with E-state index in [-0.39, 0.29) is 23.1 Å². The molecule has 1 heterocycles. The summed E-state index contributed by atoms with van der Waals surface area (Å²) < 4.78 is 25.9. The van der Waals surface area contributed by atoms with Crippen LogP contribution in [0.3, 0.4) is 0 Å². The Kier molecular flexibility index (Phi) is 6.89. The molecule has 0 aromatic heterocycles. The van der Waals surface area contributed by atoms with E-state index in [1.54, 1.807) is 11.8 Å². The summed E-state index contributed by atoms with van der Waals surface area (Å²) in [5, 5.41) is 5.21. The Morgan fingerprint density at radius 3 is 2.56 bits per heavy atom. The molecule has 2 N–H and O–H groups in total. The van der Waals surface area contributed by atoms with Gasteiger partial charge in [-0.3, -0.25) is 10.1 Å². The summed E-state index contributed by atoms with van der Waals surface area (Å²) in [4.78, 5) is 11.5. The van der Waals surface area contributed by atoms with Gasteiger partial charge in [-0.15, -0.1) is 12.4 Å². The number of alkyl halides is 2. The molecule has 18 heavy (non-hydrogen) atoms. The van der Waals surface area contributed by atoms with Gasteiger partial charge in [0.15, 0.2) is 0 Å². The summed E-state index contributed by atoms with van der Waals surface area (Å²) >= 11 is 1.73. The second-order valence-electron chi connectivity index (χ2n) is 5.25. The standard InChI is InChI=1S/C11H20F2N2OS.ClH/c1-10(2,3)17-5-4-14-9(16)8-6-11(12,13)7-15-8;/h8,15H,4-7H2,1-3H3,(H,14,16);1H. The smallest absolute Gasteiger partial charge is 0.262 e. The van der Waals surface area contributed by atoms with Crippen LogP contribution in [0.5, 0.6) is 0 Å². The molecule has 1 aliphatic heterocycles. The van der Waals surface area contributed by atoms with Gasteiger partial charge in [0.25, 0.3) is 5.92 Å². The first-order valence-electron chi connectivity index (χ1n) is 5.72. The Bertz CT molecular complexity index is 285. The maximum absolute atomic E-state index is 12.9. The Morgan fingerprint density at radius 2 is 2.11 bits per heavy atom. The van der Waals surface area contributed by atoms with Crippen molar-refractivity contribution in [3.8, 4) is 0 Å². The van der Waals surface area contributed by atoms with Crippen LogP contribution in [-0.2, 0) is 4.79 Å². The van der Waals surface area contributed by atoms with Gasteiger partial charge in [-0.25, -0.2) is 8.78 Å². The quantitative estimate of drug-likeness (QED) is 0.781. The van der Waals surface area contributed by atoms with Crippen LogP contribution in [0.15, 0.2) is 0 Å². The van der Waals surface area contributed by atoms with Crippen molar-refractivity contribution in [1.82, 2.24) is 10.6 Å². The first kappa shape index (κ1) is 17.9. The highest BCUT2D eigenvalue weighted by atomic mass is 35.5. The van der Waals surface area contributed by atoms with Crippen LogP contribution in [-0.4, -0.2) is 41.5 Å². The zero-order chi connectivity index (χ0) is 13.1. The SMILES string of the molecule is CC(C)(C)SCCNC(=O)C1CC(F)(F)CN1.Cl. The number of halogens is 3. The van der Waals surface area contributed by atoms with Gasteiger partial charge in [0.2, 0.25) is 5.91 Å². The Morgan fingerprint density at radius 1 is 1.50 bits per heavy atom. The number of amides is 1. The van der Waals surface area contributed by atoms with Crippen molar-refractivity contribution in [2.45, 2.75) is 43.9 Å². The molecule has 0 aromatic carbocycles. The van der Waals surface area contributed by atoms with E-state index in [0.717, 1.165) is 5.75 Å². The summed E-state index contributed by atoms with van der Waals surface area (Å²) in [6.07, 6.45) is -0.398. The zero-order valence-electron chi connectivity index (χ0n) is 10.9. The second-order valence-corrected chi connectivity index (χ2v) is 7.17. The van der Waals surface area contributed by atoms with Crippen LogP contribution >= 0.6 is 24.2 Å². The summed E-state index contributed by atoms with van der Waals surface area (Å²) in [6, 6.07) is -0.746. The molecule has 1 fully saturated rings. The van der Waals surface area contributed by atoms with Crippen LogP contribution in [0.25, 0.3) is 0 Å². The lowest BCUT2D eigenvalue weighted by Gasteiger charge is -2.18. The maximum atomic E-state index is 12.9. The number of nitrogens with one attached hydrogen (secondary N) is 2. The minimum Gasteiger partial charge on any atom is -0.354 e. The average molecular weight is 303 g/mol. The molecule has 0 bridgehead atoms. The zero-order valence-corrected chi connectivity index (χ0v) is 12.5. The van der Waals surface area contributed by atoms with Gasteiger partial charge in [-0.05, 0) is 0 Å². The third kappa shape index (κ3) is 6.75. The van der Waals surface area contributed by atoms with Crippen LogP contribution in [0, 0.1) is 0 Å². The lowest BCUT2D eigenvalue weighted by molar-refractivity contribution is -0.123. The van der Waals surface area contributed by atoms with Crippen LogP contribution in [0.2, 0.25) is 0 Å². The molecule has 1 unspecified atom stereocenters. The fraction of sp³-hybridized carbons (Fsp3) is 0.909. The van der Waals surface area contributed by atoms with Gasteiger partial charge in [0.1, 0.15) is 0 Å². The fourth-order valence-electron chi connectivity index (χ4n) is 1.56. The molecular weight excluding hydrogens is 282 g/mol. The molecule has 1 amide bonds. The van der Waals surface area contributed by atoms with Gasteiger partial charge in [0.05, 0.1) is 12.6 Å². The number of carbonyl (C=O) groups is 1. The van der Waals surface area contributed by atoms with Crippen molar-refractivity contribution >= 4 is 30.1 Å². The van der Waals surface area contributed by atoms with Crippen molar-refractivity contribution < 1.29 is 13.6 Å².